The fourth-order valence-electron chi connectivity index (χ4n) is 1.91. The van der Waals surface area contributed by atoms with E-state index in [2.05, 4.69) is 15.3 Å². The molecule has 0 aliphatic rings. The summed E-state index contributed by atoms with van der Waals surface area (Å²) >= 11 is 1.30. The predicted octanol–water partition coefficient (Wildman–Crippen LogP) is 3.13. The number of esters is 1. The topological polar surface area (TPSA) is 107 Å². The zero-order chi connectivity index (χ0) is 17.1. The molecule has 0 fully saturated rings. The van der Waals surface area contributed by atoms with E-state index >= 15 is 0 Å². The van der Waals surface area contributed by atoms with Crippen molar-refractivity contribution in [2.24, 2.45) is 0 Å². The summed E-state index contributed by atoms with van der Waals surface area (Å²) in [5, 5.41) is 4.75. The highest BCUT2D eigenvalue weighted by molar-refractivity contribution is 7.13. The lowest BCUT2D eigenvalue weighted by Crippen LogP contribution is -2.15. The van der Waals surface area contributed by atoms with Gasteiger partial charge in [0, 0.05) is 17.9 Å². The maximum atomic E-state index is 12.3. The van der Waals surface area contributed by atoms with Crippen LogP contribution in [0.5, 0.6) is 0 Å². The van der Waals surface area contributed by atoms with Gasteiger partial charge in [0.25, 0.3) is 5.91 Å². The summed E-state index contributed by atoms with van der Waals surface area (Å²) in [6.45, 7) is 3.44. The van der Waals surface area contributed by atoms with E-state index in [4.69, 9.17) is 13.6 Å². The molecule has 0 aliphatic heterocycles. The summed E-state index contributed by atoms with van der Waals surface area (Å²) in [6, 6.07) is 1.75. The maximum absolute atomic E-state index is 12.3. The Balaban J connectivity index is 1.79. The number of thiazole rings is 1. The molecule has 0 spiro atoms. The number of nitrogens with zero attached hydrogens (tertiary/aromatic N) is 2. The minimum absolute atomic E-state index is 0.0613. The molecule has 0 bridgehead atoms. The lowest BCUT2D eigenvalue weighted by Gasteiger charge is -2.02. The lowest BCUT2D eigenvalue weighted by atomic mass is 10.3. The van der Waals surface area contributed by atoms with Crippen LogP contribution in [-0.2, 0) is 4.74 Å². The van der Waals surface area contributed by atoms with Gasteiger partial charge in [0.05, 0.1) is 12.9 Å². The van der Waals surface area contributed by atoms with Gasteiger partial charge >= 0.3 is 5.97 Å². The number of ether oxygens (including phenoxy) is 1. The Morgan fingerprint density at radius 1 is 1.38 bits per heavy atom. The van der Waals surface area contributed by atoms with Gasteiger partial charge in [0.1, 0.15) is 17.0 Å². The predicted molar refractivity (Wildman–Crippen MR) is 85.0 cm³/mol. The first-order valence-corrected chi connectivity index (χ1v) is 7.90. The number of carbonyl (C=O) groups is 2. The third kappa shape index (κ3) is 3.20. The molecule has 0 aromatic carbocycles. The average molecular weight is 347 g/mol. The number of nitrogens with one attached hydrogen (secondary N) is 1. The fraction of sp³-hybridized carbons (Fsp3) is 0.200. The third-order valence-electron chi connectivity index (χ3n) is 2.93. The first-order valence-electron chi connectivity index (χ1n) is 7.02. The van der Waals surface area contributed by atoms with Crippen LogP contribution < -0.4 is 5.32 Å². The van der Waals surface area contributed by atoms with Gasteiger partial charge < -0.3 is 13.6 Å². The number of hydrogen-bond donors (Lipinski definition) is 1. The summed E-state index contributed by atoms with van der Waals surface area (Å²) in [4.78, 5) is 32.3. The number of furan rings is 1. The highest BCUT2D eigenvalue weighted by Crippen LogP contribution is 2.25. The van der Waals surface area contributed by atoms with Gasteiger partial charge in [-0.25, -0.2) is 14.8 Å². The number of aromatic nitrogens is 2. The SMILES string of the molecule is CCOC(=O)c1nc(C)oc1NC(=O)c1csc(-c2ccoc2)n1. The molecular formula is C15H13N3O5S. The van der Waals surface area contributed by atoms with Gasteiger partial charge in [0.2, 0.25) is 11.6 Å². The van der Waals surface area contributed by atoms with Crippen LogP contribution in [-0.4, -0.2) is 28.5 Å². The van der Waals surface area contributed by atoms with Crippen molar-refractivity contribution in [3.63, 3.8) is 0 Å². The van der Waals surface area contributed by atoms with Crippen molar-refractivity contribution in [1.29, 1.82) is 0 Å². The van der Waals surface area contributed by atoms with Gasteiger partial charge in [-0.05, 0) is 13.0 Å². The van der Waals surface area contributed by atoms with Crippen LogP contribution in [0.4, 0.5) is 5.88 Å². The van der Waals surface area contributed by atoms with Crippen LogP contribution in [0.15, 0.2) is 32.8 Å². The van der Waals surface area contributed by atoms with Gasteiger partial charge in [-0.3, -0.25) is 10.1 Å². The van der Waals surface area contributed by atoms with Crippen LogP contribution >= 0.6 is 11.3 Å². The summed E-state index contributed by atoms with van der Waals surface area (Å²) in [5.41, 5.74) is 0.898. The molecular weight excluding hydrogens is 334 g/mol. The van der Waals surface area contributed by atoms with E-state index < -0.39 is 11.9 Å². The highest BCUT2D eigenvalue weighted by atomic mass is 32.1. The zero-order valence-electron chi connectivity index (χ0n) is 12.9. The first kappa shape index (κ1) is 15.9. The number of carbonyl (C=O) groups excluding carboxylic acids is 2. The fourth-order valence-corrected chi connectivity index (χ4v) is 2.70. The zero-order valence-corrected chi connectivity index (χ0v) is 13.7. The molecule has 0 saturated carbocycles. The van der Waals surface area contributed by atoms with Crippen LogP contribution in [0.25, 0.3) is 10.6 Å². The Kier molecular flexibility index (Phi) is 4.43. The lowest BCUT2D eigenvalue weighted by molar-refractivity contribution is 0.0521. The first-order chi connectivity index (χ1) is 11.6. The highest BCUT2D eigenvalue weighted by Gasteiger charge is 2.23. The molecule has 3 aromatic rings. The van der Waals surface area contributed by atoms with E-state index in [9.17, 15) is 9.59 Å². The smallest absolute Gasteiger partial charge is 0.362 e. The third-order valence-corrected chi connectivity index (χ3v) is 3.83. The molecule has 24 heavy (non-hydrogen) atoms. The summed E-state index contributed by atoms with van der Waals surface area (Å²) in [7, 11) is 0. The molecule has 9 heteroatoms. The van der Waals surface area contributed by atoms with E-state index in [1.807, 2.05) is 0 Å². The normalized spacial score (nSPS) is 10.6. The van der Waals surface area contributed by atoms with E-state index in [1.54, 1.807) is 31.6 Å². The molecule has 0 radical (unpaired) electrons. The number of anilines is 1. The Bertz CT molecular complexity index is 866. The minimum atomic E-state index is -0.665. The summed E-state index contributed by atoms with van der Waals surface area (Å²) in [5.74, 6) is -0.996. The Hall–Kier alpha value is -2.94. The second-order valence-electron chi connectivity index (χ2n) is 4.64. The van der Waals surface area contributed by atoms with Crippen molar-refractivity contribution in [2.45, 2.75) is 13.8 Å². The van der Waals surface area contributed by atoms with Crippen molar-refractivity contribution in [3.8, 4) is 10.6 Å². The number of hydrogen-bond acceptors (Lipinski definition) is 8. The molecule has 3 rings (SSSR count). The van der Waals surface area contributed by atoms with Crippen LogP contribution in [0.3, 0.4) is 0 Å². The molecule has 3 heterocycles. The summed E-state index contributed by atoms with van der Waals surface area (Å²) in [6.07, 6.45) is 3.07. The van der Waals surface area contributed by atoms with Gasteiger partial charge in [0.15, 0.2) is 5.89 Å². The number of aryl methyl sites for hydroxylation is 1. The Labute approximate surface area is 140 Å². The summed E-state index contributed by atoms with van der Waals surface area (Å²) < 4.78 is 15.1. The second kappa shape index (κ2) is 6.67. The van der Waals surface area contributed by atoms with E-state index in [0.717, 1.165) is 5.56 Å². The molecule has 124 valence electrons. The standard InChI is InChI=1S/C15H13N3O5S/c1-3-22-15(20)11-13(23-8(2)16-11)18-12(19)10-7-24-14(17-10)9-4-5-21-6-9/h4-7H,3H2,1-2H3,(H,18,19). The number of amides is 1. The maximum Gasteiger partial charge on any atom is 0.362 e. The van der Waals surface area contributed by atoms with Crippen molar-refractivity contribution in [3.05, 3.63) is 41.3 Å². The van der Waals surface area contributed by atoms with E-state index in [0.29, 0.717) is 5.01 Å². The van der Waals surface area contributed by atoms with Gasteiger partial charge in [-0.2, -0.15) is 0 Å². The van der Waals surface area contributed by atoms with Crippen LogP contribution in [0, 0.1) is 6.92 Å². The molecule has 0 atom stereocenters. The molecule has 1 amide bonds. The molecule has 3 aromatic heterocycles. The number of rotatable bonds is 5. The monoisotopic (exact) mass is 347 g/mol. The van der Waals surface area contributed by atoms with E-state index in [-0.39, 0.29) is 29.8 Å². The van der Waals surface area contributed by atoms with Crippen LogP contribution in [0.2, 0.25) is 0 Å². The van der Waals surface area contributed by atoms with Gasteiger partial charge in [-0.1, -0.05) is 0 Å². The molecule has 0 unspecified atom stereocenters. The van der Waals surface area contributed by atoms with Gasteiger partial charge in [-0.15, -0.1) is 11.3 Å². The molecule has 0 aliphatic carbocycles. The Morgan fingerprint density at radius 2 is 2.21 bits per heavy atom. The molecule has 1 N–H and O–H groups in total. The van der Waals surface area contributed by atoms with Crippen molar-refractivity contribution < 1.29 is 23.2 Å². The average Bonchev–Trinajstić information content (AvgIpc) is 3.27. The largest absolute Gasteiger partial charge is 0.472 e. The van der Waals surface area contributed by atoms with Crippen LogP contribution in [0.1, 0.15) is 33.8 Å². The van der Waals surface area contributed by atoms with Crippen molar-refractivity contribution in [1.82, 2.24) is 9.97 Å². The minimum Gasteiger partial charge on any atom is -0.472 e. The Morgan fingerprint density at radius 3 is 2.92 bits per heavy atom. The van der Waals surface area contributed by atoms with E-state index in [1.165, 1.54) is 17.6 Å². The molecule has 8 nitrogen and oxygen atoms in total. The van der Waals surface area contributed by atoms with Crippen molar-refractivity contribution in [2.75, 3.05) is 11.9 Å². The molecule has 0 saturated heterocycles. The number of oxazole rings is 1. The van der Waals surface area contributed by atoms with Crippen molar-refractivity contribution >= 4 is 29.1 Å². The second-order valence-corrected chi connectivity index (χ2v) is 5.49. The quantitative estimate of drug-likeness (QED) is 0.706.